The quantitative estimate of drug-likeness (QED) is 0.846. The van der Waals surface area contributed by atoms with Gasteiger partial charge in [-0.05, 0) is 43.7 Å². The number of hydrogen-bond acceptors (Lipinski definition) is 4. The fourth-order valence-corrected chi connectivity index (χ4v) is 3.91. The molecule has 0 unspecified atom stereocenters. The lowest BCUT2D eigenvalue weighted by molar-refractivity contribution is 0.139. The largest absolute Gasteiger partial charge is 0.304 e. The van der Waals surface area contributed by atoms with Crippen molar-refractivity contribution in [3.63, 3.8) is 0 Å². The van der Waals surface area contributed by atoms with E-state index in [0.717, 1.165) is 32.7 Å². The van der Waals surface area contributed by atoms with E-state index in [9.17, 15) is 12.8 Å². The summed E-state index contributed by atoms with van der Waals surface area (Å²) in [4.78, 5) is 4.77. The van der Waals surface area contributed by atoms with Crippen molar-refractivity contribution in [2.24, 2.45) is 5.92 Å². The van der Waals surface area contributed by atoms with Gasteiger partial charge < -0.3 is 9.80 Å². The average Bonchev–Trinajstić information content (AvgIpc) is 2.50. The predicted molar refractivity (Wildman–Crippen MR) is 89.4 cm³/mol. The summed E-state index contributed by atoms with van der Waals surface area (Å²) in [6.07, 6.45) is 0. The van der Waals surface area contributed by atoms with Crippen molar-refractivity contribution in [1.29, 1.82) is 0 Å². The van der Waals surface area contributed by atoms with E-state index in [0.29, 0.717) is 12.1 Å². The SMILES string of the molecule is Cc1cc(S(=O)(=O)NC[C@@H](C)CN2CCN(C)CC2)ccc1F. The number of nitrogens with one attached hydrogen (secondary N) is 1. The molecule has 23 heavy (non-hydrogen) atoms. The normalized spacial score (nSPS) is 19.0. The Bertz CT molecular complexity index is 628. The van der Waals surface area contributed by atoms with Crippen LogP contribution in [-0.4, -0.2) is 64.5 Å². The number of halogens is 1. The van der Waals surface area contributed by atoms with Gasteiger partial charge in [0.05, 0.1) is 4.90 Å². The maximum atomic E-state index is 13.3. The fourth-order valence-electron chi connectivity index (χ4n) is 2.66. The summed E-state index contributed by atoms with van der Waals surface area (Å²) >= 11 is 0. The second-order valence-electron chi connectivity index (χ2n) is 6.47. The summed E-state index contributed by atoms with van der Waals surface area (Å²) in [5, 5.41) is 0. The van der Waals surface area contributed by atoms with Crippen LogP contribution in [0.15, 0.2) is 23.1 Å². The molecule has 0 amide bonds. The number of aryl methyl sites for hydroxylation is 1. The van der Waals surface area contributed by atoms with Crippen LogP contribution in [0.4, 0.5) is 4.39 Å². The molecule has 1 heterocycles. The lowest BCUT2D eigenvalue weighted by Gasteiger charge is -2.33. The molecular formula is C16H26FN3O2S. The van der Waals surface area contributed by atoms with Gasteiger partial charge in [-0.3, -0.25) is 0 Å². The summed E-state index contributed by atoms with van der Waals surface area (Å²) in [6.45, 7) is 8.99. The van der Waals surface area contributed by atoms with Gasteiger partial charge in [-0.2, -0.15) is 0 Å². The van der Waals surface area contributed by atoms with E-state index >= 15 is 0 Å². The maximum Gasteiger partial charge on any atom is 0.240 e. The first-order chi connectivity index (χ1) is 10.8. The smallest absolute Gasteiger partial charge is 0.240 e. The molecule has 0 bridgehead atoms. The van der Waals surface area contributed by atoms with Crippen molar-refractivity contribution in [2.75, 3.05) is 46.3 Å². The van der Waals surface area contributed by atoms with Gasteiger partial charge in [0.15, 0.2) is 0 Å². The van der Waals surface area contributed by atoms with Crippen LogP contribution in [0.2, 0.25) is 0 Å². The zero-order chi connectivity index (χ0) is 17.0. The van der Waals surface area contributed by atoms with Gasteiger partial charge in [-0.25, -0.2) is 17.5 Å². The first kappa shape index (κ1) is 18.3. The highest BCUT2D eigenvalue weighted by atomic mass is 32.2. The molecule has 1 aliphatic heterocycles. The molecule has 1 aliphatic rings. The number of nitrogens with zero attached hydrogens (tertiary/aromatic N) is 2. The second-order valence-corrected chi connectivity index (χ2v) is 8.24. The molecule has 1 atom stereocenters. The van der Waals surface area contributed by atoms with Crippen LogP contribution in [0.25, 0.3) is 0 Å². The van der Waals surface area contributed by atoms with Crippen molar-refractivity contribution < 1.29 is 12.8 Å². The Morgan fingerprint density at radius 2 is 1.91 bits per heavy atom. The first-order valence-electron chi connectivity index (χ1n) is 7.94. The zero-order valence-corrected chi connectivity index (χ0v) is 14.9. The van der Waals surface area contributed by atoms with Gasteiger partial charge in [0, 0.05) is 39.3 Å². The van der Waals surface area contributed by atoms with E-state index in [-0.39, 0.29) is 10.8 Å². The lowest BCUT2D eigenvalue weighted by atomic mass is 10.1. The van der Waals surface area contributed by atoms with Gasteiger partial charge in [0.1, 0.15) is 5.82 Å². The number of benzene rings is 1. The van der Waals surface area contributed by atoms with Crippen LogP contribution < -0.4 is 4.72 Å². The molecule has 2 rings (SSSR count). The van der Waals surface area contributed by atoms with E-state index in [2.05, 4.69) is 21.6 Å². The Hall–Kier alpha value is -1.02. The van der Waals surface area contributed by atoms with Crippen molar-refractivity contribution in [2.45, 2.75) is 18.7 Å². The van der Waals surface area contributed by atoms with Crippen molar-refractivity contribution in [1.82, 2.24) is 14.5 Å². The molecule has 5 nitrogen and oxygen atoms in total. The number of sulfonamides is 1. The molecule has 1 aromatic carbocycles. The Morgan fingerprint density at radius 1 is 1.26 bits per heavy atom. The Kier molecular flexibility index (Phi) is 6.13. The summed E-state index contributed by atoms with van der Waals surface area (Å²) in [5.74, 6) is -0.179. The van der Waals surface area contributed by atoms with Crippen molar-refractivity contribution >= 4 is 10.0 Å². The minimum atomic E-state index is -3.59. The first-order valence-corrected chi connectivity index (χ1v) is 9.43. The summed E-state index contributed by atoms with van der Waals surface area (Å²) in [7, 11) is -1.48. The van der Waals surface area contributed by atoms with Crippen LogP contribution in [-0.2, 0) is 10.0 Å². The number of rotatable bonds is 6. The van der Waals surface area contributed by atoms with Gasteiger partial charge in [0.2, 0.25) is 10.0 Å². The standard InChI is InChI=1S/C16H26FN3O2S/c1-13(12-20-8-6-19(3)7-9-20)11-18-23(21,22)15-4-5-16(17)14(2)10-15/h4-5,10,13,18H,6-9,11-12H2,1-3H3/t13-/m1/s1. The highest BCUT2D eigenvalue weighted by Gasteiger charge is 2.19. The molecule has 130 valence electrons. The molecule has 0 saturated carbocycles. The maximum absolute atomic E-state index is 13.3. The van der Waals surface area contributed by atoms with Crippen molar-refractivity contribution in [3.8, 4) is 0 Å². The third-order valence-electron chi connectivity index (χ3n) is 4.23. The van der Waals surface area contributed by atoms with Crippen LogP contribution >= 0.6 is 0 Å². The summed E-state index contributed by atoms with van der Waals surface area (Å²) in [6, 6.07) is 3.86. The van der Waals surface area contributed by atoms with Crippen LogP contribution in [0, 0.1) is 18.7 Å². The zero-order valence-electron chi connectivity index (χ0n) is 14.0. The van der Waals surface area contributed by atoms with Crippen LogP contribution in [0.5, 0.6) is 0 Å². The molecule has 1 N–H and O–H groups in total. The monoisotopic (exact) mass is 343 g/mol. The van der Waals surface area contributed by atoms with Crippen molar-refractivity contribution in [3.05, 3.63) is 29.6 Å². The molecule has 1 aromatic rings. The molecule has 0 radical (unpaired) electrons. The number of piperazine rings is 1. The fraction of sp³-hybridized carbons (Fsp3) is 0.625. The summed E-state index contributed by atoms with van der Waals surface area (Å²) in [5.41, 5.74) is 0.332. The van der Waals surface area contributed by atoms with Crippen LogP contribution in [0.3, 0.4) is 0 Å². The van der Waals surface area contributed by atoms with E-state index in [4.69, 9.17) is 0 Å². The van der Waals surface area contributed by atoms with E-state index in [1.807, 2.05) is 6.92 Å². The third kappa shape index (κ3) is 5.24. The molecule has 1 fully saturated rings. The molecule has 0 spiro atoms. The topological polar surface area (TPSA) is 52.7 Å². The van der Waals surface area contributed by atoms with Crippen LogP contribution in [0.1, 0.15) is 12.5 Å². The third-order valence-corrected chi connectivity index (χ3v) is 5.65. The number of likely N-dealkylation sites (N-methyl/N-ethyl adjacent to an activating group) is 1. The minimum absolute atomic E-state index is 0.114. The predicted octanol–water partition coefficient (Wildman–Crippen LogP) is 1.30. The number of hydrogen-bond donors (Lipinski definition) is 1. The molecular weight excluding hydrogens is 317 g/mol. The van der Waals surface area contributed by atoms with Gasteiger partial charge in [-0.15, -0.1) is 0 Å². The minimum Gasteiger partial charge on any atom is -0.304 e. The summed E-state index contributed by atoms with van der Waals surface area (Å²) < 4.78 is 40.5. The van der Waals surface area contributed by atoms with Gasteiger partial charge in [0.25, 0.3) is 0 Å². The van der Waals surface area contributed by atoms with E-state index in [1.165, 1.54) is 18.2 Å². The van der Waals surface area contributed by atoms with E-state index in [1.54, 1.807) is 6.92 Å². The van der Waals surface area contributed by atoms with Gasteiger partial charge in [-0.1, -0.05) is 6.92 Å². The van der Waals surface area contributed by atoms with E-state index < -0.39 is 15.8 Å². The Labute approximate surface area is 138 Å². The molecule has 0 aromatic heterocycles. The molecule has 1 saturated heterocycles. The average molecular weight is 343 g/mol. The highest BCUT2D eigenvalue weighted by Crippen LogP contribution is 2.14. The molecule has 0 aliphatic carbocycles. The van der Waals surface area contributed by atoms with Gasteiger partial charge >= 0.3 is 0 Å². The second kappa shape index (κ2) is 7.70. The Balaban J connectivity index is 1.87. The lowest BCUT2D eigenvalue weighted by Crippen LogP contribution is -2.46. The molecule has 7 heteroatoms. The highest BCUT2D eigenvalue weighted by molar-refractivity contribution is 7.89. The Morgan fingerprint density at radius 3 is 2.52 bits per heavy atom.